The highest BCUT2D eigenvalue weighted by atomic mass is 35.5. The van der Waals surface area contributed by atoms with E-state index in [9.17, 15) is 9.59 Å². The van der Waals surface area contributed by atoms with Crippen LogP contribution >= 0.6 is 23.2 Å². The van der Waals surface area contributed by atoms with E-state index in [1.165, 1.54) is 19.1 Å². The molecule has 0 radical (unpaired) electrons. The van der Waals surface area contributed by atoms with Crippen LogP contribution in [0.5, 0.6) is 23.0 Å². The number of hydrogen-bond acceptors (Lipinski definition) is 8. The SMILES string of the molecule is CCOc1cc(N=NC(C(C)=O)C(=O)Nc2cc(Cl)c(OCC)c(OCC)c2)cc(Cl)c1OCC. The number of nitrogens with zero attached hydrogens (tertiary/aromatic N) is 2. The van der Waals surface area contributed by atoms with Gasteiger partial charge in [-0.3, -0.25) is 9.59 Å². The van der Waals surface area contributed by atoms with Crippen LogP contribution in [0.1, 0.15) is 34.6 Å². The Labute approximate surface area is 214 Å². The van der Waals surface area contributed by atoms with Gasteiger partial charge in [-0.05, 0) is 46.8 Å². The van der Waals surface area contributed by atoms with Gasteiger partial charge in [0, 0.05) is 17.8 Å². The number of carbonyl (C=O) groups is 2. The number of nitrogens with one attached hydrogen (secondary N) is 1. The molecule has 0 aliphatic rings. The van der Waals surface area contributed by atoms with Crippen LogP contribution in [0.25, 0.3) is 0 Å². The molecule has 2 aromatic carbocycles. The van der Waals surface area contributed by atoms with Gasteiger partial charge in [0.2, 0.25) is 6.04 Å². The van der Waals surface area contributed by atoms with E-state index in [4.69, 9.17) is 42.1 Å². The standard InChI is InChI=1S/C24H29Cl2N3O6/c1-6-32-19-12-15(10-17(25)22(19)34-8-3)27-24(31)21(14(5)30)29-28-16-11-18(26)23(35-9-4)20(13-16)33-7-2/h10-13,21H,6-9H2,1-5H3,(H,27,31). The second kappa shape index (κ2) is 13.7. The molecule has 2 rings (SSSR count). The fraction of sp³-hybridized carbons (Fsp3) is 0.417. The number of azo groups is 1. The average molecular weight is 526 g/mol. The Morgan fingerprint density at radius 3 is 1.86 bits per heavy atom. The molecule has 0 aliphatic carbocycles. The van der Waals surface area contributed by atoms with Crippen LogP contribution in [0, 0.1) is 0 Å². The minimum atomic E-state index is -1.41. The molecule has 0 aliphatic heterocycles. The topological polar surface area (TPSA) is 108 Å². The van der Waals surface area contributed by atoms with Gasteiger partial charge in [0.1, 0.15) is 0 Å². The Hall–Kier alpha value is -3.04. The first kappa shape index (κ1) is 28.2. The van der Waals surface area contributed by atoms with Crippen molar-refractivity contribution in [3.63, 3.8) is 0 Å². The van der Waals surface area contributed by atoms with E-state index in [1.54, 1.807) is 12.1 Å². The summed E-state index contributed by atoms with van der Waals surface area (Å²) in [5, 5.41) is 11.2. The van der Waals surface area contributed by atoms with Crippen molar-refractivity contribution >= 4 is 46.3 Å². The van der Waals surface area contributed by atoms with Crippen LogP contribution in [0.2, 0.25) is 10.0 Å². The molecule has 35 heavy (non-hydrogen) atoms. The molecule has 0 fully saturated rings. The summed E-state index contributed by atoms with van der Waals surface area (Å²) in [7, 11) is 0. The second-order valence-electron chi connectivity index (χ2n) is 6.99. The number of Topliss-reactive ketones (excluding diaryl/α,β-unsaturated/α-hetero) is 1. The molecule has 1 amide bonds. The molecular formula is C24H29Cl2N3O6. The first-order chi connectivity index (χ1) is 16.7. The zero-order valence-electron chi connectivity index (χ0n) is 20.3. The Morgan fingerprint density at radius 1 is 0.829 bits per heavy atom. The number of halogens is 2. The molecule has 190 valence electrons. The third-order valence-electron chi connectivity index (χ3n) is 4.37. The van der Waals surface area contributed by atoms with Crippen molar-refractivity contribution in [2.75, 3.05) is 31.7 Å². The number of hydrogen-bond donors (Lipinski definition) is 1. The first-order valence-corrected chi connectivity index (χ1v) is 11.9. The van der Waals surface area contributed by atoms with Crippen LogP contribution in [0.4, 0.5) is 11.4 Å². The molecule has 0 heterocycles. The van der Waals surface area contributed by atoms with Gasteiger partial charge in [-0.25, -0.2) is 0 Å². The van der Waals surface area contributed by atoms with E-state index in [2.05, 4.69) is 15.5 Å². The van der Waals surface area contributed by atoms with Crippen LogP contribution in [0.3, 0.4) is 0 Å². The number of rotatable bonds is 13. The maximum Gasteiger partial charge on any atom is 0.258 e. The zero-order valence-corrected chi connectivity index (χ0v) is 21.8. The Kier molecular flexibility index (Phi) is 11.1. The van der Waals surface area contributed by atoms with Crippen LogP contribution in [-0.2, 0) is 9.59 Å². The van der Waals surface area contributed by atoms with Gasteiger partial charge in [0.25, 0.3) is 5.91 Å². The molecule has 0 spiro atoms. The largest absolute Gasteiger partial charge is 0.490 e. The highest BCUT2D eigenvalue weighted by Crippen LogP contribution is 2.40. The lowest BCUT2D eigenvalue weighted by Crippen LogP contribution is -2.31. The summed E-state index contributed by atoms with van der Waals surface area (Å²) in [6.07, 6.45) is 0. The van der Waals surface area contributed by atoms with Crippen LogP contribution in [-0.4, -0.2) is 44.2 Å². The van der Waals surface area contributed by atoms with Gasteiger partial charge in [-0.2, -0.15) is 10.2 Å². The molecular weight excluding hydrogens is 497 g/mol. The summed E-state index contributed by atoms with van der Waals surface area (Å²) < 4.78 is 22.2. The fourth-order valence-corrected chi connectivity index (χ4v) is 3.53. The highest BCUT2D eigenvalue weighted by molar-refractivity contribution is 6.33. The van der Waals surface area contributed by atoms with Crippen molar-refractivity contribution in [1.82, 2.24) is 0 Å². The molecule has 0 aromatic heterocycles. The monoisotopic (exact) mass is 525 g/mol. The van der Waals surface area contributed by atoms with Crippen LogP contribution < -0.4 is 24.3 Å². The summed E-state index contributed by atoms with van der Waals surface area (Å²) in [6, 6.07) is 4.74. The van der Waals surface area contributed by atoms with Gasteiger partial charge in [0.15, 0.2) is 28.8 Å². The maximum absolute atomic E-state index is 12.9. The zero-order chi connectivity index (χ0) is 26.0. The van der Waals surface area contributed by atoms with E-state index < -0.39 is 17.7 Å². The summed E-state index contributed by atoms with van der Waals surface area (Å²) >= 11 is 12.6. The fourth-order valence-electron chi connectivity index (χ4n) is 3.00. The quantitative estimate of drug-likeness (QED) is 0.244. The minimum absolute atomic E-state index is 0.251. The van der Waals surface area contributed by atoms with E-state index >= 15 is 0 Å². The molecule has 0 saturated heterocycles. The predicted molar refractivity (Wildman–Crippen MR) is 135 cm³/mol. The number of benzene rings is 2. The number of ether oxygens (including phenoxy) is 4. The third-order valence-corrected chi connectivity index (χ3v) is 4.93. The summed E-state index contributed by atoms with van der Waals surface area (Å²) in [5.41, 5.74) is 0.611. The number of carbonyl (C=O) groups excluding carboxylic acids is 2. The molecule has 1 unspecified atom stereocenters. The molecule has 1 N–H and O–H groups in total. The summed E-state index contributed by atoms with van der Waals surface area (Å²) in [6.45, 7) is 10.0. The lowest BCUT2D eigenvalue weighted by Gasteiger charge is -2.16. The van der Waals surface area contributed by atoms with Crippen LogP contribution in [0.15, 0.2) is 34.5 Å². The lowest BCUT2D eigenvalue weighted by atomic mass is 10.2. The Morgan fingerprint density at radius 2 is 1.34 bits per heavy atom. The number of amides is 1. The second-order valence-corrected chi connectivity index (χ2v) is 7.80. The summed E-state index contributed by atoms with van der Waals surface area (Å²) in [4.78, 5) is 25.1. The Balaban J connectivity index is 2.31. The van der Waals surface area contributed by atoms with Gasteiger partial charge >= 0.3 is 0 Å². The van der Waals surface area contributed by atoms with E-state index in [-0.39, 0.29) is 10.0 Å². The van der Waals surface area contributed by atoms with Crippen molar-refractivity contribution in [3.8, 4) is 23.0 Å². The van der Waals surface area contributed by atoms with E-state index in [0.29, 0.717) is 60.8 Å². The van der Waals surface area contributed by atoms with Gasteiger partial charge in [-0.1, -0.05) is 23.2 Å². The van der Waals surface area contributed by atoms with Gasteiger partial charge in [0.05, 0.1) is 42.2 Å². The molecule has 11 heteroatoms. The highest BCUT2D eigenvalue weighted by Gasteiger charge is 2.24. The van der Waals surface area contributed by atoms with Crippen molar-refractivity contribution in [1.29, 1.82) is 0 Å². The van der Waals surface area contributed by atoms with Crippen molar-refractivity contribution in [2.45, 2.75) is 40.7 Å². The number of ketones is 1. The van der Waals surface area contributed by atoms with Crippen molar-refractivity contribution in [2.24, 2.45) is 10.2 Å². The lowest BCUT2D eigenvalue weighted by molar-refractivity contribution is -0.126. The van der Waals surface area contributed by atoms with Gasteiger partial charge in [-0.15, -0.1) is 0 Å². The van der Waals surface area contributed by atoms with E-state index in [1.807, 2.05) is 27.7 Å². The minimum Gasteiger partial charge on any atom is -0.490 e. The molecule has 0 bridgehead atoms. The molecule has 9 nitrogen and oxygen atoms in total. The molecule has 0 saturated carbocycles. The molecule has 2 aromatic rings. The Bertz CT molecular complexity index is 1080. The van der Waals surface area contributed by atoms with E-state index in [0.717, 1.165) is 0 Å². The maximum atomic E-state index is 12.9. The van der Waals surface area contributed by atoms with Crippen molar-refractivity contribution in [3.05, 3.63) is 34.3 Å². The third kappa shape index (κ3) is 7.73. The van der Waals surface area contributed by atoms with Crippen molar-refractivity contribution < 1.29 is 28.5 Å². The predicted octanol–water partition coefficient (Wildman–Crippen LogP) is 6.27. The average Bonchev–Trinajstić information content (AvgIpc) is 2.78. The summed E-state index contributed by atoms with van der Waals surface area (Å²) in [5.74, 6) is 0.307. The smallest absolute Gasteiger partial charge is 0.258 e. The first-order valence-electron chi connectivity index (χ1n) is 11.2. The number of anilines is 1. The molecule has 1 atom stereocenters. The van der Waals surface area contributed by atoms with Gasteiger partial charge < -0.3 is 24.3 Å². The normalized spacial score (nSPS) is 11.7.